The minimum absolute atomic E-state index is 0.0493. The number of benzene rings is 2. The number of para-hydroxylation sites is 1. The Kier molecular flexibility index (Phi) is 4.37. The first-order valence-electron chi connectivity index (χ1n) is 9.26. The maximum atomic E-state index is 13.6. The van der Waals surface area contributed by atoms with E-state index in [1.807, 2.05) is 48.5 Å². The highest BCUT2D eigenvalue weighted by molar-refractivity contribution is 6.11. The number of Topliss-reactive ketones (excluding diaryl/α,β-unsaturated/α-hetero) is 1. The van der Waals surface area contributed by atoms with Crippen LogP contribution in [0, 0.1) is 5.92 Å². The fraction of sp³-hybridized carbons (Fsp3) is 0.364. The number of piperidine rings is 1. The van der Waals surface area contributed by atoms with Crippen LogP contribution in [-0.4, -0.2) is 43.8 Å². The van der Waals surface area contributed by atoms with Crippen LogP contribution in [0.3, 0.4) is 0 Å². The van der Waals surface area contributed by atoms with E-state index in [9.17, 15) is 9.59 Å². The van der Waals surface area contributed by atoms with E-state index in [4.69, 9.17) is 0 Å². The summed E-state index contributed by atoms with van der Waals surface area (Å²) < 4.78 is 0. The monoisotopic (exact) mass is 348 g/mol. The van der Waals surface area contributed by atoms with Gasteiger partial charge in [0, 0.05) is 24.2 Å². The maximum absolute atomic E-state index is 13.6. The Balaban J connectivity index is 1.85. The van der Waals surface area contributed by atoms with Crippen LogP contribution in [0.4, 0.5) is 5.69 Å². The standard InChI is InChI=1S/C22H24N2O2/c1-23-13-11-15(12-14-23)21(25)20-16-7-3-4-8-17(16)22(26)24(2)19-10-6-5-9-18(19)20/h3-10,15,20H,11-14H2,1-2H3. The zero-order valence-electron chi connectivity index (χ0n) is 15.3. The molecule has 2 aromatic rings. The van der Waals surface area contributed by atoms with Crippen LogP contribution in [0.1, 0.15) is 40.2 Å². The topological polar surface area (TPSA) is 40.6 Å². The lowest BCUT2D eigenvalue weighted by molar-refractivity contribution is -0.124. The summed E-state index contributed by atoms with van der Waals surface area (Å²) >= 11 is 0. The molecule has 0 aromatic heterocycles. The number of fused-ring (bicyclic) bond motifs is 2. The van der Waals surface area contributed by atoms with Gasteiger partial charge < -0.3 is 9.80 Å². The third-order valence-corrected chi connectivity index (χ3v) is 5.82. The van der Waals surface area contributed by atoms with E-state index in [0.717, 1.165) is 42.7 Å². The second-order valence-corrected chi connectivity index (χ2v) is 7.42. The van der Waals surface area contributed by atoms with Gasteiger partial charge in [-0.1, -0.05) is 36.4 Å². The first-order chi connectivity index (χ1) is 12.6. The van der Waals surface area contributed by atoms with Gasteiger partial charge in [-0.3, -0.25) is 9.59 Å². The van der Waals surface area contributed by atoms with Gasteiger partial charge in [-0.25, -0.2) is 0 Å². The molecule has 4 nitrogen and oxygen atoms in total. The highest BCUT2D eigenvalue weighted by Gasteiger charge is 2.37. The number of likely N-dealkylation sites (tertiary alicyclic amines) is 1. The summed E-state index contributed by atoms with van der Waals surface area (Å²) in [5, 5.41) is 0. The molecule has 134 valence electrons. The molecule has 1 atom stereocenters. The fourth-order valence-electron chi connectivity index (χ4n) is 4.27. The van der Waals surface area contributed by atoms with Gasteiger partial charge in [-0.05, 0) is 56.2 Å². The average molecular weight is 348 g/mol. The molecule has 1 saturated heterocycles. The number of ketones is 1. The summed E-state index contributed by atoms with van der Waals surface area (Å²) in [6, 6.07) is 15.4. The number of rotatable bonds is 2. The van der Waals surface area contributed by atoms with Crippen LogP contribution in [0.5, 0.6) is 0 Å². The highest BCUT2D eigenvalue weighted by Crippen LogP contribution is 2.40. The van der Waals surface area contributed by atoms with Gasteiger partial charge in [0.25, 0.3) is 5.91 Å². The summed E-state index contributed by atoms with van der Waals surface area (Å²) in [7, 11) is 3.89. The van der Waals surface area contributed by atoms with Gasteiger partial charge in [0.2, 0.25) is 0 Å². The number of hydrogen-bond acceptors (Lipinski definition) is 3. The van der Waals surface area contributed by atoms with Gasteiger partial charge in [0.15, 0.2) is 0 Å². The largest absolute Gasteiger partial charge is 0.311 e. The van der Waals surface area contributed by atoms with Gasteiger partial charge in [-0.2, -0.15) is 0 Å². The van der Waals surface area contributed by atoms with E-state index in [1.54, 1.807) is 11.9 Å². The maximum Gasteiger partial charge on any atom is 0.258 e. The van der Waals surface area contributed by atoms with E-state index in [0.29, 0.717) is 5.56 Å². The van der Waals surface area contributed by atoms with Crippen molar-refractivity contribution in [3.8, 4) is 0 Å². The molecule has 0 aliphatic carbocycles. The molecular weight excluding hydrogens is 324 g/mol. The molecule has 2 aliphatic rings. The number of nitrogens with zero attached hydrogens (tertiary/aromatic N) is 2. The molecule has 2 aliphatic heterocycles. The molecule has 0 radical (unpaired) electrons. The molecule has 0 saturated carbocycles. The third-order valence-electron chi connectivity index (χ3n) is 5.82. The fourth-order valence-corrected chi connectivity index (χ4v) is 4.27. The lowest BCUT2D eigenvalue weighted by Crippen LogP contribution is -2.35. The quantitative estimate of drug-likeness (QED) is 0.836. The van der Waals surface area contributed by atoms with Crippen LogP contribution in [-0.2, 0) is 4.79 Å². The first kappa shape index (κ1) is 17.0. The molecule has 4 heteroatoms. The summed E-state index contributed by atoms with van der Waals surface area (Å²) in [4.78, 5) is 30.5. The molecule has 1 amide bonds. The zero-order valence-corrected chi connectivity index (χ0v) is 15.3. The molecule has 1 fully saturated rings. The predicted octanol–water partition coefficient (Wildman–Crippen LogP) is 3.32. The number of hydrogen-bond donors (Lipinski definition) is 0. The van der Waals surface area contributed by atoms with Crippen LogP contribution in [0.2, 0.25) is 0 Å². The van der Waals surface area contributed by atoms with E-state index < -0.39 is 0 Å². The van der Waals surface area contributed by atoms with Gasteiger partial charge in [0.1, 0.15) is 5.78 Å². The Hall–Kier alpha value is -2.46. The van der Waals surface area contributed by atoms with Crippen molar-refractivity contribution in [1.29, 1.82) is 0 Å². The number of carbonyl (C=O) groups is 2. The third kappa shape index (κ3) is 2.74. The summed E-state index contributed by atoms with van der Waals surface area (Å²) in [6.07, 6.45) is 1.78. The average Bonchev–Trinajstić information content (AvgIpc) is 2.76. The normalized spacial score (nSPS) is 21.1. The number of carbonyl (C=O) groups excluding carboxylic acids is 2. The van der Waals surface area contributed by atoms with Crippen molar-refractivity contribution >= 4 is 17.4 Å². The van der Waals surface area contributed by atoms with Crippen molar-refractivity contribution in [2.75, 3.05) is 32.1 Å². The molecule has 26 heavy (non-hydrogen) atoms. The van der Waals surface area contributed by atoms with E-state index in [1.165, 1.54) is 0 Å². The van der Waals surface area contributed by atoms with Crippen LogP contribution >= 0.6 is 0 Å². The summed E-state index contributed by atoms with van der Waals surface area (Å²) in [5.41, 5.74) is 3.26. The van der Waals surface area contributed by atoms with Crippen LogP contribution in [0.15, 0.2) is 48.5 Å². The molecule has 0 spiro atoms. The Labute approximate surface area is 154 Å². The second kappa shape index (κ2) is 6.69. The predicted molar refractivity (Wildman–Crippen MR) is 103 cm³/mol. The van der Waals surface area contributed by atoms with Gasteiger partial charge in [-0.15, -0.1) is 0 Å². The van der Waals surface area contributed by atoms with Crippen LogP contribution < -0.4 is 4.90 Å². The molecule has 2 aromatic carbocycles. The molecular formula is C22H24N2O2. The van der Waals surface area contributed by atoms with E-state index >= 15 is 0 Å². The van der Waals surface area contributed by atoms with Gasteiger partial charge in [0.05, 0.1) is 5.92 Å². The SMILES string of the molecule is CN1CCC(C(=O)C2c3ccccc3C(=O)N(C)c3ccccc32)CC1. The molecule has 4 rings (SSSR count). The minimum Gasteiger partial charge on any atom is -0.311 e. The van der Waals surface area contributed by atoms with Crippen molar-refractivity contribution < 1.29 is 9.59 Å². The smallest absolute Gasteiger partial charge is 0.258 e. The second-order valence-electron chi connectivity index (χ2n) is 7.42. The zero-order chi connectivity index (χ0) is 18.3. The minimum atomic E-state index is -0.371. The lowest BCUT2D eigenvalue weighted by atomic mass is 9.78. The molecule has 0 bridgehead atoms. The molecule has 0 N–H and O–H groups in total. The summed E-state index contributed by atoms with van der Waals surface area (Å²) in [6.45, 7) is 1.90. The van der Waals surface area contributed by atoms with E-state index in [2.05, 4.69) is 11.9 Å². The van der Waals surface area contributed by atoms with Crippen molar-refractivity contribution in [3.63, 3.8) is 0 Å². The first-order valence-corrected chi connectivity index (χ1v) is 9.26. The molecule has 1 unspecified atom stereocenters. The van der Waals surface area contributed by atoms with Crippen molar-refractivity contribution in [3.05, 3.63) is 65.2 Å². The molecule has 2 heterocycles. The highest BCUT2D eigenvalue weighted by atomic mass is 16.2. The van der Waals surface area contributed by atoms with Crippen molar-refractivity contribution in [1.82, 2.24) is 4.90 Å². The number of anilines is 1. The van der Waals surface area contributed by atoms with Crippen LogP contribution in [0.25, 0.3) is 0 Å². The Morgan fingerprint density at radius 3 is 2.27 bits per heavy atom. The van der Waals surface area contributed by atoms with Crippen molar-refractivity contribution in [2.45, 2.75) is 18.8 Å². The Morgan fingerprint density at radius 1 is 0.923 bits per heavy atom. The van der Waals surface area contributed by atoms with Crippen molar-refractivity contribution in [2.24, 2.45) is 5.92 Å². The Morgan fingerprint density at radius 2 is 1.54 bits per heavy atom. The number of amides is 1. The van der Waals surface area contributed by atoms with E-state index in [-0.39, 0.29) is 23.5 Å². The summed E-state index contributed by atoms with van der Waals surface area (Å²) in [5.74, 6) is -0.117. The lowest BCUT2D eigenvalue weighted by Gasteiger charge is -2.31. The Bertz CT molecular complexity index is 853. The van der Waals surface area contributed by atoms with Gasteiger partial charge >= 0.3 is 0 Å².